The number of carbonyl (C=O) groups is 1. The Hall–Kier alpha value is -2.08. The molecule has 0 spiro atoms. The van der Waals surface area contributed by atoms with Crippen molar-refractivity contribution in [3.63, 3.8) is 0 Å². The van der Waals surface area contributed by atoms with Crippen molar-refractivity contribution in [1.82, 2.24) is 4.40 Å². The van der Waals surface area contributed by atoms with Crippen LogP contribution in [0.3, 0.4) is 0 Å². The number of nitrogens with zero attached hydrogens (tertiary/aromatic N) is 2. The van der Waals surface area contributed by atoms with Gasteiger partial charge in [-0.3, -0.25) is 4.79 Å². The lowest BCUT2D eigenvalue weighted by atomic mass is 10.2. The van der Waals surface area contributed by atoms with Gasteiger partial charge in [0.1, 0.15) is 6.07 Å². The minimum Gasteiger partial charge on any atom is -0.323 e. The smallest absolute Gasteiger partial charge is 0.264 e. The van der Waals surface area contributed by atoms with Gasteiger partial charge in [-0.15, -0.1) is 0 Å². The van der Waals surface area contributed by atoms with Gasteiger partial charge >= 0.3 is 0 Å². The van der Waals surface area contributed by atoms with E-state index in [0.29, 0.717) is 5.56 Å². The van der Waals surface area contributed by atoms with Gasteiger partial charge in [0.2, 0.25) is 0 Å². The van der Waals surface area contributed by atoms with Gasteiger partial charge in [0.15, 0.2) is 0 Å². The molecule has 2 heterocycles. The number of carbonyl (C=O) groups excluding carboxylic acids is 1. The number of pyridine rings is 1. The quantitative estimate of drug-likeness (QED) is 0.482. The fourth-order valence-electron chi connectivity index (χ4n) is 1.31. The summed E-state index contributed by atoms with van der Waals surface area (Å²) >= 11 is 0. The van der Waals surface area contributed by atoms with E-state index in [-0.39, 0.29) is 0 Å². The van der Waals surface area contributed by atoms with E-state index in [1.807, 2.05) is 28.8 Å². The molecule has 0 fully saturated rings. The molecular formula is C10H6N2O. The van der Waals surface area contributed by atoms with E-state index in [1.54, 1.807) is 18.3 Å². The molecule has 13 heavy (non-hydrogen) atoms. The lowest BCUT2D eigenvalue weighted by molar-refractivity contribution is 0.105. The highest BCUT2D eigenvalue weighted by molar-refractivity contribution is 6.12. The molecule has 0 N–H and O–H groups in total. The molecule has 2 rings (SSSR count). The van der Waals surface area contributed by atoms with Crippen molar-refractivity contribution in [2.45, 2.75) is 0 Å². The molecule has 0 bridgehead atoms. The third-order valence-electron chi connectivity index (χ3n) is 1.91. The highest BCUT2D eigenvalue weighted by Gasteiger charge is 2.08. The summed E-state index contributed by atoms with van der Waals surface area (Å²) in [4.78, 5) is 11.1. The standard InChI is InChI=1S/C10H6N2O/c11-7-10(13)8-4-6-12-5-2-1-3-9(8)12/h1-6H. The summed E-state index contributed by atoms with van der Waals surface area (Å²) in [6, 6.07) is 8.78. The van der Waals surface area contributed by atoms with E-state index in [0.717, 1.165) is 5.52 Å². The Morgan fingerprint density at radius 3 is 2.92 bits per heavy atom. The fraction of sp³-hybridized carbons (Fsp3) is 0. The number of nitriles is 1. The molecule has 3 heteroatoms. The van der Waals surface area contributed by atoms with Crippen molar-refractivity contribution < 1.29 is 4.79 Å². The van der Waals surface area contributed by atoms with Gasteiger partial charge in [0, 0.05) is 12.4 Å². The molecule has 2 aromatic rings. The predicted molar refractivity (Wildman–Crippen MR) is 47.3 cm³/mol. The SMILES string of the molecule is N#CC(=O)c1ccn2ccccc12. The summed E-state index contributed by atoms with van der Waals surface area (Å²) in [5.41, 5.74) is 1.23. The van der Waals surface area contributed by atoms with Crippen molar-refractivity contribution >= 4 is 11.3 Å². The number of aromatic nitrogens is 1. The van der Waals surface area contributed by atoms with Gasteiger partial charge in [-0.25, -0.2) is 0 Å². The first-order chi connectivity index (χ1) is 6.33. The third kappa shape index (κ3) is 1.09. The van der Waals surface area contributed by atoms with Crippen LogP contribution >= 0.6 is 0 Å². The van der Waals surface area contributed by atoms with Crippen LogP contribution < -0.4 is 0 Å². The van der Waals surface area contributed by atoms with E-state index >= 15 is 0 Å². The van der Waals surface area contributed by atoms with Crippen LogP contribution in [0.25, 0.3) is 5.52 Å². The Balaban J connectivity index is 2.73. The molecule has 0 amide bonds. The first-order valence-corrected chi connectivity index (χ1v) is 3.83. The van der Waals surface area contributed by atoms with Crippen molar-refractivity contribution in [1.29, 1.82) is 5.26 Å². The van der Waals surface area contributed by atoms with E-state index in [2.05, 4.69) is 0 Å². The first-order valence-electron chi connectivity index (χ1n) is 3.83. The van der Waals surface area contributed by atoms with E-state index in [9.17, 15) is 4.79 Å². The second kappa shape index (κ2) is 2.76. The summed E-state index contributed by atoms with van der Waals surface area (Å²) in [5.74, 6) is -0.492. The summed E-state index contributed by atoms with van der Waals surface area (Å²) in [6.45, 7) is 0. The molecule has 0 aromatic carbocycles. The summed E-state index contributed by atoms with van der Waals surface area (Å²) in [6.07, 6.45) is 3.60. The molecule has 0 aliphatic heterocycles. The highest BCUT2D eigenvalue weighted by Crippen LogP contribution is 2.12. The summed E-state index contributed by atoms with van der Waals surface area (Å²) < 4.78 is 1.81. The van der Waals surface area contributed by atoms with Crippen LogP contribution in [0.15, 0.2) is 36.7 Å². The maximum Gasteiger partial charge on any atom is 0.264 e. The molecule has 0 atom stereocenters. The van der Waals surface area contributed by atoms with Crippen LogP contribution in [0.2, 0.25) is 0 Å². The monoisotopic (exact) mass is 170 g/mol. The summed E-state index contributed by atoms with van der Waals surface area (Å²) in [5, 5.41) is 8.46. The second-order valence-electron chi connectivity index (χ2n) is 2.66. The molecule has 62 valence electrons. The predicted octanol–water partition coefficient (Wildman–Crippen LogP) is 1.65. The van der Waals surface area contributed by atoms with Crippen molar-refractivity contribution in [3.05, 3.63) is 42.2 Å². The van der Waals surface area contributed by atoms with E-state index < -0.39 is 5.78 Å². The zero-order valence-electron chi connectivity index (χ0n) is 6.77. The lowest BCUT2D eigenvalue weighted by Gasteiger charge is -1.93. The molecule has 0 unspecified atom stereocenters. The third-order valence-corrected chi connectivity index (χ3v) is 1.91. The van der Waals surface area contributed by atoms with E-state index in [4.69, 9.17) is 5.26 Å². The lowest BCUT2D eigenvalue weighted by Crippen LogP contribution is -1.93. The van der Waals surface area contributed by atoms with Gasteiger partial charge in [-0.2, -0.15) is 5.26 Å². The Morgan fingerprint density at radius 2 is 2.15 bits per heavy atom. The van der Waals surface area contributed by atoms with Crippen LogP contribution in [-0.2, 0) is 0 Å². The largest absolute Gasteiger partial charge is 0.323 e. The minimum absolute atomic E-state index is 0.461. The zero-order valence-corrected chi connectivity index (χ0v) is 6.77. The van der Waals surface area contributed by atoms with Gasteiger partial charge in [-0.1, -0.05) is 6.07 Å². The molecule has 0 radical (unpaired) electrons. The van der Waals surface area contributed by atoms with Crippen LogP contribution in [0.5, 0.6) is 0 Å². The molecule has 0 aliphatic rings. The average Bonchev–Trinajstić information content (AvgIpc) is 2.60. The Bertz CT molecular complexity index is 505. The molecule has 0 saturated heterocycles. The highest BCUT2D eigenvalue weighted by atomic mass is 16.1. The number of Topliss-reactive ketones (excluding diaryl/α,β-unsaturated/α-hetero) is 1. The van der Waals surface area contributed by atoms with Gasteiger partial charge in [0.05, 0.1) is 11.1 Å². The second-order valence-corrected chi connectivity index (χ2v) is 2.66. The number of hydrogen-bond acceptors (Lipinski definition) is 2. The minimum atomic E-state index is -0.492. The fourth-order valence-corrected chi connectivity index (χ4v) is 1.31. The Morgan fingerprint density at radius 1 is 1.31 bits per heavy atom. The van der Waals surface area contributed by atoms with Crippen molar-refractivity contribution in [2.75, 3.05) is 0 Å². The maximum absolute atomic E-state index is 11.1. The van der Waals surface area contributed by atoms with E-state index in [1.165, 1.54) is 0 Å². The number of ketones is 1. The molecular weight excluding hydrogens is 164 g/mol. The van der Waals surface area contributed by atoms with Crippen LogP contribution in [0.4, 0.5) is 0 Å². The topological polar surface area (TPSA) is 45.3 Å². The van der Waals surface area contributed by atoms with Gasteiger partial charge < -0.3 is 4.40 Å². The van der Waals surface area contributed by atoms with Crippen molar-refractivity contribution in [3.8, 4) is 6.07 Å². The Kier molecular flexibility index (Phi) is 1.60. The first kappa shape index (κ1) is 7.56. The number of fused-ring (bicyclic) bond motifs is 1. The molecule has 0 saturated carbocycles. The van der Waals surface area contributed by atoms with Crippen LogP contribution in [-0.4, -0.2) is 10.2 Å². The zero-order chi connectivity index (χ0) is 9.26. The maximum atomic E-state index is 11.1. The van der Waals surface area contributed by atoms with Crippen LogP contribution in [0.1, 0.15) is 10.4 Å². The number of rotatable bonds is 1. The molecule has 2 aromatic heterocycles. The van der Waals surface area contributed by atoms with Crippen LogP contribution in [0, 0.1) is 11.3 Å². The molecule has 3 nitrogen and oxygen atoms in total. The van der Waals surface area contributed by atoms with Gasteiger partial charge in [-0.05, 0) is 18.2 Å². The van der Waals surface area contributed by atoms with Gasteiger partial charge in [0.25, 0.3) is 5.78 Å². The number of hydrogen-bond donors (Lipinski definition) is 0. The van der Waals surface area contributed by atoms with Crippen molar-refractivity contribution in [2.24, 2.45) is 0 Å². The normalized spacial score (nSPS) is 9.77. The molecule has 0 aliphatic carbocycles. The summed E-state index contributed by atoms with van der Waals surface area (Å²) in [7, 11) is 0. The Labute approximate surface area is 74.8 Å². The average molecular weight is 170 g/mol.